The van der Waals surface area contributed by atoms with Gasteiger partial charge in [-0.2, -0.15) is 0 Å². The highest BCUT2D eigenvalue weighted by Crippen LogP contribution is 2.38. The first kappa shape index (κ1) is 24.1. The van der Waals surface area contributed by atoms with Crippen molar-refractivity contribution in [1.29, 1.82) is 0 Å². The number of nitrogens with zero attached hydrogens (tertiary/aromatic N) is 1. The van der Waals surface area contributed by atoms with Crippen molar-refractivity contribution in [2.24, 2.45) is 0 Å². The Hall–Kier alpha value is -2.97. The number of esters is 1. The Labute approximate surface area is 171 Å². The number of benzene rings is 1. The van der Waals surface area contributed by atoms with Crippen molar-refractivity contribution in [3.63, 3.8) is 0 Å². The van der Waals surface area contributed by atoms with Crippen LogP contribution in [0.4, 0.5) is 0 Å². The predicted molar refractivity (Wildman–Crippen MR) is 106 cm³/mol. The second-order valence-electron chi connectivity index (χ2n) is 7.42. The molecule has 0 aliphatic heterocycles. The topological polar surface area (TPSA) is 103 Å². The molecule has 0 saturated heterocycles. The number of rotatable bonds is 9. The summed E-state index contributed by atoms with van der Waals surface area (Å²) in [5.41, 5.74) is 0.184. The average molecular weight is 410 g/mol. The van der Waals surface area contributed by atoms with Gasteiger partial charge in [0.2, 0.25) is 11.7 Å². The maximum atomic E-state index is 12.1. The van der Waals surface area contributed by atoms with Crippen LogP contribution in [0.5, 0.6) is 17.2 Å². The van der Waals surface area contributed by atoms with Crippen LogP contribution in [0, 0.1) is 0 Å². The molecule has 0 atom stereocenters. The highest BCUT2D eigenvalue weighted by atomic mass is 16.5. The molecule has 9 nitrogen and oxygen atoms in total. The lowest BCUT2D eigenvalue weighted by atomic mass is 10.1. The smallest absolute Gasteiger partial charge is 0.310 e. The summed E-state index contributed by atoms with van der Waals surface area (Å²) in [6, 6.07) is 3.26. The molecule has 0 bridgehead atoms. The highest BCUT2D eigenvalue weighted by Gasteiger charge is 2.20. The second kappa shape index (κ2) is 10.5. The lowest BCUT2D eigenvalue weighted by Gasteiger charge is -2.23. The van der Waals surface area contributed by atoms with Gasteiger partial charge in [-0.1, -0.05) is 0 Å². The van der Waals surface area contributed by atoms with E-state index in [1.807, 2.05) is 20.8 Å². The monoisotopic (exact) mass is 410 g/mol. The molecule has 0 aliphatic rings. The lowest BCUT2D eigenvalue weighted by molar-refractivity contribution is -0.151. The SMILES string of the molecule is COc1cc(CC(=O)OCC(=O)N(C)CC(=O)NC(C)(C)C)cc(OC)c1OC. The molecule has 0 radical (unpaired) electrons. The molecule has 0 fully saturated rings. The van der Waals surface area contributed by atoms with Crippen LogP contribution in [0.15, 0.2) is 12.1 Å². The Morgan fingerprint density at radius 2 is 1.55 bits per heavy atom. The minimum absolute atomic E-state index is 0.0851. The summed E-state index contributed by atoms with van der Waals surface area (Å²) in [5.74, 6) is -0.132. The zero-order chi connectivity index (χ0) is 22.2. The maximum absolute atomic E-state index is 12.1. The van der Waals surface area contributed by atoms with Gasteiger partial charge in [-0.15, -0.1) is 0 Å². The standard InChI is InChI=1S/C20H30N2O7/c1-20(2,3)21-16(23)11-22(4)17(24)12-29-18(25)10-13-8-14(26-5)19(28-7)15(9-13)27-6/h8-9H,10-12H2,1-7H3,(H,21,23). The zero-order valence-corrected chi connectivity index (χ0v) is 18.1. The fourth-order valence-corrected chi connectivity index (χ4v) is 2.47. The third kappa shape index (κ3) is 7.89. The van der Waals surface area contributed by atoms with Crippen molar-refractivity contribution < 1.29 is 33.3 Å². The molecule has 162 valence electrons. The molecule has 2 amide bonds. The van der Waals surface area contributed by atoms with E-state index in [9.17, 15) is 14.4 Å². The Kier molecular flexibility index (Phi) is 8.75. The second-order valence-corrected chi connectivity index (χ2v) is 7.42. The first-order valence-electron chi connectivity index (χ1n) is 9.00. The molecule has 1 N–H and O–H groups in total. The lowest BCUT2D eigenvalue weighted by Crippen LogP contribution is -2.46. The van der Waals surface area contributed by atoms with Crippen LogP contribution in [-0.2, 0) is 25.5 Å². The quantitative estimate of drug-likeness (QED) is 0.610. The summed E-state index contributed by atoms with van der Waals surface area (Å²) >= 11 is 0. The maximum Gasteiger partial charge on any atom is 0.310 e. The molecule has 0 heterocycles. The molecule has 0 unspecified atom stereocenters. The van der Waals surface area contributed by atoms with Gasteiger partial charge in [-0.05, 0) is 38.5 Å². The number of carbonyl (C=O) groups is 3. The van der Waals surface area contributed by atoms with Crippen molar-refractivity contribution in [3.05, 3.63) is 17.7 Å². The van der Waals surface area contributed by atoms with Crippen molar-refractivity contribution in [1.82, 2.24) is 10.2 Å². The molecule has 0 aliphatic carbocycles. The fourth-order valence-electron chi connectivity index (χ4n) is 2.47. The molecule has 0 aromatic heterocycles. The first-order chi connectivity index (χ1) is 13.5. The third-order valence-corrected chi connectivity index (χ3v) is 3.75. The first-order valence-corrected chi connectivity index (χ1v) is 9.00. The minimum atomic E-state index is -0.597. The number of amides is 2. The molecule has 9 heteroatoms. The van der Waals surface area contributed by atoms with Crippen LogP contribution in [-0.4, -0.2) is 69.8 Å². The van der Waals surface area contributed by atoms with Gasteiger partial charge < -0.3 is 29.2 Å². The molecule has 0 saturated carbocycles. The molecule has 1 aromatic rings. The Balaban J connectivity index is 2.63. The predicted octanol–water partition coefficient (Wildman–Crippen LogP) is 1.17. The van der Waals surface area contributed by atoms with Crippen LogP contribution < -0.4 is 19.5 Å². The van der Waals surface area contributed by atoms with E-state index in [2.05, 4.69) is 5.32 Å². The minimum Gasteiger partial charge on any atom is -0.493 e. The molecular weight excluding hydrogens is 380 g/mol. The number of likely N-dealkylation sites (N-methyl/N-ethyl adjacent to an activating group) is 1. The normalized spacial score (nSPS) is 10.7. The summed E-state index contributed by atoms with van der Waals surface area (Å²) in [5, 5.41) is 2.76. The Morgan fingerprint density at radius 1 is 1.00 bits per heavy atom. The average Bonchev–Trinajstić information content (AvgIpc) is 2.63. The van der Waals surface area contributed by atoms with Gasteiger partial charge in [-0.3, -0.25) is 14.4 Å². The molecule has 0 spiro atoms. The number of hydrogen-bond acceptors (Lipinski definition) is 7. The van der Waals surface area contributed by atoms with E-state index in [-0.39, 0.29) is 18.9 Å². The van der Waals surface area contributed by atoms with E-state index in [1.54, 1.807) is 12.1 Å². The largest absolute Gasteiger partial charge is 0.493 e. The molecule has 1 aromatic carbocycles. The van der Waals surface area contributed by atoms with Crippen molar-refractivity contribution in [2.75, 3.05) is 41.5 Å². The van der Waals surface area contributed by atoms with E-state index in [1.165, 1.54) is 33.3 Å². The van der Waals surface area contributed by atoms with E-state index in [0.717, 1.165) is 0 Å². The van der Waals surface area contributed by atoms with Gasteiger partial charge >= 0.3 is 5.97 Å². The molecule has 29 heavy (non-hydrogen) atoms. The van der Waals surface area contributed by atoms with E-state index >= 15 is 0 Å². The zero-order valence-electron chi connectivity index (χ0n) is 18.1. The van der Waals surface area contributed by atoms with Gasteiger partial charge in [0.15, 0.2) is 18.1 Å². The van der Waals surface area contributed by atoms with Gasteiger partial charge in [-0.25, -0.2) is 0 Å². The summed E-state index contributed by atoms with van der Waals surface area (Å²) in [6.45, 7) is 4.95. The number of methoxy groups -OCH3 is 3. The summed E-state index contributed by atoms with van der Waals surface area (Å²) in [4.78, 5) is 37.3. The third-order valence-electron chi connectivity index (χ3n) is 3.75. The van der Waals surface area contributed by atoms with Crippen LogP contribution in [0.1, 0.15) is 26.3 Å². The van der Waals surface area contributed by atoms with E-state index in [0.29, 0.717) is 22.8 Å². The number of carbonyl (C=O) groups excluding carboxylic acids is 3. The van der Waals surface area contributed by atoms with Crippen LogP contribution in [0.2, 0.25) is 0 Å². The fraction of sp³-hybridized carbons (Fsp3) is 0.550. The Morgan fingerprint density at radius 3 is 2.00 bits per heavy atom. The van der Waals surface area contributed by atoms with Crippen LogP contribution in [0.25, 0.3) is 0 Å². The summed E-state index contributed by atoms with van der Waals surface area (Å²) in [7, 11) is 5.91. The van der Waals surface area contributed by atoms with Crippen molar-refractivity contribution in [2.45, 2.75) is 32.7 Å². The van der Waals surface area contributed by atoms with E-state index < -0.39 is 24.0 Å². The van der Waals surface area contributed by atoms with Gasteiger partial charge in [0.25, 0.3) is 5.91 Å². The van der Waals surface area contributed by atoms with Crippen molar-refractivity contribution >= 4 is 17.8 Å². The number of ether oxygens (including phenoxy) is 4. The number of hydrogen-bond donors (Lipinski definition) is 1. The van der Waals surface area contributed by atoms with E-state index in [4.69, 9.17) is 18.9 Å². The summed E-state index contributed by atoms with van der Waals surface area (Å²) in [6.07, 6.45) is -0.0851. The highest BCUT2D eigenvalue weighted by molar-refractivity contribution is 5.86. The molecule has 1 rings (SSSR count). The van der Waals surface area contributed by atoms with Crippen LogP contribution >= 0.6 is 0 Å². The summed E-state index contributed by atoms with van der Waals surface area (Å²) < 4.78 is 20.8. The number of nitrogens with one attached hydrogen (secondary N) is 1. The van der Waals surface area contributed by atoms with Gasteiger partial charge in [0.05, 0.1) is 34.3 Å². The van der Waals surface area contributed by atoms with Gasteiger partial charge in [0, 0.05) is 12.6 Å². The molecular formula is C20H30N2O7. The Bertz CT molecular complexity index is 716. The van der Waals surface area contributed by atoms with Crippen molar-refractivity contribution in [3.8, 4) is 17.2 Å². The van der Waals surface area contributed by atoms with Gasteiger partial charge in [0.1, 0.15) is 0 Å². The van der Waals surface area contributed by atoms with Crippen LogP contribution in [0.3, 0.4) is 0 Å².